The fourth-order valence-electron chi connectivity index (χ4n) is 2.83. The van der Waals surface area contributed by atoms with Gasteiger partial charge in [-0.3, -0.25) is 4.90 Å². The van der Waals surface area contributed by atoms with Crippen molar-refractivity contribution in [1.29, 1.82) is 0 Å². The van der Waals surface area contributed by atoms with Crippen molar-refractivity contribution < 1.29 is 14.0 Å². The molecule has 19 heavy (non-hydrogen) atoms. The summed E-state index contributed by atoms with van der Waals surface area (Å²) in [6, 6.07) is 4.34. The van der Waals surface area contributed by atoms with Gasteiger partial charge in [-0.1, -0.05) is 5.16 Å². The Morgan fingerprint density at radius 2 is 2.11 bits per heavy atom. The molecule has 2 bridgehead atoms. The molecular weight excluding hydrogens is 268 g/mol. The topological polar surface area (TPSA) is 55.0 Å². The van der Waals surface area contributed by atoms with Crippen LogP contribution in [0.4, 0.5) is 0 Å². The Bertz CT molecular complexity index is 456. The summed E-state index contributed by atoms with van der Waals surface area (Å²) in [4.78, 5) is 18.9. The molecule has 1 aromatic heterocycles. The van der Waals surface area contributed by atoms with Crippen LogP contribution in [0, 0.1) is 0 Å². The number of rotatable bonds is 2. The average Bonchev–Trinajstić information content (AvgIpc) is 2.94. The van der Waals surface area contributed by atoms with E-state index >= 15 is 0 Å². The van der Waals surface area contributed by atoms with Crippen LogP contribution in [0.2, 0.25) is 0 Å². The zero-order valence-corrected chi connectivity index (χ0v) is 11.6. The molecule has 0 spiro atoms. The smallest absolute Gasteiger partial charge is 0.400 e. The standard InChI is InChI=1S/C13H16N2O3.ClH/c1-15-10-4-5-11(15)8-9(7-10)14-18-13(16)12-3-2-6-17-12;/h2-3,6,10-11H,4-5,7-8H2,1H3;1H. The summed E-state index contributed by atoms with van der Waals surface area (Å²) in [5.41, 5.74) is 0.987. The third kappa shape index (κ3) is 2.82. The predicted octanol–water partition coefficient (Wildman–Crippen LogP) is 2.47. The molecule has 0 amide bonds. The molecule has 2 saturated heterocycles. The Hall–Kier alpha value is -1.33. The Morgan fingerprint density at radius 1 is 1.42 bits per heavy atom. The first-order chi connectivity index (χ1) is 8.74. The maximum atomic E-state index is 11.6. The molecule has 0 aromatic carbocycles. The number of furan rings is 1. The highest BCUT2D eigenvalue weighted by Gasteiger charge is 2.37. The molecule has 0 N–H and O–H groups in total. The molecule has 2 unspecified atom stereocenters. The van der Waals surface area contributed by atoms with Gasteiger partial charge >= 0.3 is 5.97 Å². The molecule has 2 aliphatic rings. The molecule has 104 valence electrons. The molecular formula is C13H17ClN2O3. The summed E-state index contributed by atoms with van der Waals surface area (Å²) in [5.74, 6) is -0.339. The highest BCUT2D eigenvalue weighted by atomic mass is 35.5. The maximum Gasteiger partial charge on any atom is 0.400 e. The van der Waals surface area contributed by atoms with Crippen LogP contribution in [0.1, 0.15) is 36.2 Å². The number of carbonyl (C=O) groups is 1. The molecule has 6 heteroatoms. The highest BCUT2D eigenvalue weighted by molar-refractivity contribution is 5.89. The van der Waals surface area contributed by atoms with Gasteiger partial charge in [-0.2, -0.15) is 0 Å². The van der Waals surface area contributed by atoms with Gasteiger partial charge in [-0.25, -0.2) is 4.79 Å². The maximum absolute atomic E-state index is 11.6. The number of hydrogen-bond acceptors (Lipinski definition) is 5. The Labute approximate surface area is 118 Å². The van der Waals surface area contributed by atoms with Gasteiger partial charge in [0.25, 0.3) is 0 Å². The average molecular weight is 285 g/mol. The number of nitrogens with zero attached hydrogens (tertiary/aromatic N) is 2. The third-order valence-electron chi connectivity index (χ3n) is 3.91. The molecule has 0 saturated carbocycles. The summed E-state index contributed by atoms with van der Waals surface area (Å²) in [6.45, 7) is 0. The SMILES string of the molecule is CN1C2CCC1CC(=NOC(=O)c1ccco1)C2.Cl. The Morgan fingerprint density at radius 3 is 2.68 bits per heavy atom. The number of piperidine rings is 1. The highest BCUT2D eigenvalue weighted by Crippen LogP contribution is 2.32. The van der Waals surface area contributed by atoms with E-state index in [1.165, 1.54) is 19.1 Å². The lowest BCUT2D eigenvalue weighted by Crippen LogP contribution is -2.40. The summed E-state index contributed by atoms with van der Waals surface area (Å²) < 4.78 is 4.95. The second kappa shape index (κ2) is 5.75. The molecule has 3 heterocycles. The largest absolute Gasteiger partial charge is 0.457 e. The monoisotopic (exact) mass is 284 g/mol. The molecule has 0 radical (unpaired) electrons. The van der Waals surface area contributed by atoms with Gasteiger partial charge in [0.2, 0.25) is 5.76 Å². The predicted molar refractivity (Wildman–Crippen MR) is 72.6 cm³/mol. The molecule has 0 aliphatic carbocycles. The number of hydrogen-bond donors (Lipinski definition) is 0. The van der Waals surface area contributed by atoms with Crippen LogP contribution in [0.5, 0.6) is 0 Å². The van der Waals surface area contributed by atoms with Gasteiger partial charge < -0.3 is 9.25 Å². The first kappa shape index (κ1) is 14.1. The van der Waals surface area contributed by atoms with E-state index in [0.29, 0.717) is 12.1 Å². The zero-order valence-electron chi connectivity index (χ0n) is 10.7. The zero-order chi connectivity index (χ0) is 12.5. The molecule has 2 atom stereocenters. The van der Waals surface area contributed by atoms with Crippen molar-refractivity contribution in [3.05, 3.63) is 24.2 Å². The fourth-order valence-corrected chi connectivity index (χ4v) is 2.83. The van der Waals surface area contributed by atoms with E-state index in [9.17, 15) is 4.79 Å². The first-order valence-corrected chi connectivity index (χ1v) is 6.26. The Balaban J connectivity index is 0.00000133. The van der Waals surface area contributed by atoms with Gasteiger partial charge in [0, 0.05) is 24.9 Å². The van der Waals surface area contributed by atoms with E-state index in [-0.39, 0.29) is 18.2 Å². The van der Waals surface area contributed by atoms with E-state index in [0.717, 1.165) is 18.6 Å². The number of halogens is 1. The van der Waals surface area contributed by atoms with Gasteiger partial charge in [0.05, 0.1) is 12.0 Å². The van der Waals surface area contributed by atoms with Crippen LogP contribution in [0.15, 0.2) is 28.0 Å². The van der Waals surface area contributed by atoms with Crippen molar-refractivity contribution >= 4 is 24.1 Å². The second-order valence-electron chi connectivity index (χ2n) is 4.97. The van der Waals surface area contributed by atoms with Gasteiger partial charge in [0.15, 0.2) is 0 Å². The fraction of sp³-hybridized carbons (Fsp3) is 0.538. The number of fused-ring (bicyclic) bond motifs is 2. The molecule has 1 aromatic rings. The summed E-state index contributed by atoms with van der Waals surface area (Å²) >= 11 is 0. The minimum Gasteiger partial charge on any atom is -0.457 e. The van der Waals surface area contributed by atoms with Crippen molar-refractivity contribution in [3.8, 4) is 0 Å². The van der Waals surface area contributed by atoms with Crippen molar-refractivity contribution in [2.75, 3.05) is 7.05 Å². The minimum absolute atomic E-state index is 0. The summed E-state index contributed by atoms with van der Waals surface area (Å²) in [7, 11) is 2.16. The van der Waals surface area contributed by atoms with E-state index in [2.05, 4.69) is 17.1 Å². The van der Waals surface area contributed by atoms with Crippen LogP contribution in [0.3, 0.4) is 0 Å². The molecule has 2 fully saturated rings. The van der Waals surface area contributed by atoms with Crippen LogP contribution >= 0.6 is 12.4 Å². The van der Waals surface area contributed by atoms with Crippen molar-refractivity contribution in [3.63, 3.8) is 0 Å². The lowest BCUT2D eigenvalue weighted by atomic mass is 10.0. The lowest BCUT2D eigenvalue weighted by Gasteiger charge is -2.31. The van der Waals surface area contributed by atoms with E-state index in [1.54, 1.807) is 12.1 Å². The summed E-state index contributed by atoms with van der Waals surface area (Å²) in [6.07, 6.45) is 5.68. The molecule has 5 nitrogen and oxygen atoms in total. The summed E-state index contributed by atoms with van der Waals surface area (Å²) in [5, 5.41) is 3.99. The Kier molecular flexibility index (Phi) is 4.27. The van der Waals surface area contributed by atoms with Crippen LogP contribution in [-0.4, -0.2) is 35.7 Å². The van der Waals surface area contributed by atoms with Gasteiger partial charge in [-0.05, 0) is 32.0 Å². The van der Waals surface area contributed by atoms with Gasteiger partial charge in [0.1, 0.15) is 0 Å². The minimum atomic E-state index is -0.529. The molecule has 2 aliphatic heterocycles. The van der Waals surface area contributed by atoms with Crippen LogP contribution < -0.4 is 0 Å². The second-order valence-corrected chi connectivity index (χ2v) is 4.97. The molecule has 3 rings (SSSR count). The van der Waals surface area contributed by atoms with Crippen molar-refractivity contribution in [2.45, 2.75) is 37.8 Å². The number of carbonyl (C=O) groups excluding carboxylic acids is 1. The van der Waals surface area contributed by atoms with Crippen molar-refractivity contribution in [2.24, 2.45) is 5.16 Å². The lowest BCUT2D eigenvalue weighted by molar-refractivity contribution is 0.0474. The van der Waals surface area contributed by atoms with E-state index < -0.39 is 5.97 Å². The van der Waals surface area contributed by atoms with Crippen molar-refractivity contribution in [1.82, 2.24) is 4.90 Å². The van der Waals surface area contributed by atoms with Crippen LogP contribution in [0.25, 0.3) is 0 Å². The number of oxime groups is 1. The van der Waals surface area contributed by atoms with E-state index in [1.807, 2.05) is 0 Å². The van der Waals surface area contributed by atoms with Gasteiger partial charge in [-0.15, -0.1) is 12.4 Å². The van der Waals surface area contributed by atoms with E-state index in [4.69, 9.17) is 9.25 Å². The quantitative estimate of drug-likeness (QED) is 0.618. The van der Waals surface area contributed by atoms with Crippen LogP contribution in [-0.2, 0) is 4.84 Å². The normalized spacial score (nSPS) is 25.8. The first-order valence-electron chi connectivity index (χ1n) is 6.26. The third-order valence-corrected chi connectivity index (χ3v) is 3.91.